The third kappa shape index (κ3) is 2.29. The lowest BCUT2D eigenvalue weighted by atomic mass is 10.1. The Morgan fingerprint density at radius 3 is 3.06 bits per heavy atom. The molecule has 0 saturated heterocycles. The molecule has 0 spiro atoms. The zero-order valence-electron chi connectivity index (χ0n) is 9.80. The van der Waals surface area contributed by atoms with Gasteiger partial charge in [0.2, 0.25) is 0 Å². The topological polar surface area (TPSA) is 62.2 Å². The van der Waals surface area contributed by atoms with Gasteiger partial charge in [-0.1, -0.05) is 18.2 Å². The van der Waals surface area contributed by atoms with Crippen molar-refractivity contribution in [2.24, 2.45) is 4.99 Å². The Hall–Kier alpha value is -2.43. The molecule has 5 nitrogen and oxygen atoms in total. The summed E-state index contributed by atoms with van der Waals surface area (Å²) in [7, 11) is 0. The van der Waals surface area contributed by atoms with E-state index in [0.29, 0.717) is 13.1 Å². The molecule has 0 amide bonds. The van der Waals surface area contributed by atoms with Crippen molar-refractivity contribution in [1.29, 1.82) is 0 Å². The molecule has 0 saturated carbocycles. The Bertz CT molecular complexity index is 565. The molecule has 1 aromatic carbocycles. The highest BCUT2D eigenvalue weighted by atomic mass is 15.2. The largest absolute Gasteiger partial charge is 0.350 e. The van der Waals surface area contributed by atoms with Crippen LogP contribution in [0.15, 0.2) is 47.8 Å². The van der Waals surface area contributed by atoms with E-state index in [9.17, 15) is 0 Å². The van der Waals surface area contributed by atoms with Gasteiger partial charge >= 0.3 is 0 Å². The number of para-hydroxylation sites is 1. The summed E-state index contributed by atoms with van der Waals surface area (Å²) in [5.41, 5.74) is 3.26. The van der Waals surface area contributed by atoms with Crippen LogP contribution in [0.25, 0.3) is 0 Å². The molecular formula is C13H13N5. The van der Waals surface area contributed by atoms with E-state index < -0.39 is 0 Å². The zero-order chi connectivity index (χ0) is 12.2. The first-order valence-corrected chi connectivity index (χ1v) is 5.80. The second-order valence-electron chi connectivity index (χ2n) is 4.00. The Morgan fingerprint density at radius 2 is 2.17 bits per heavy atom. The second kappa shape index (κ2) is 4.83. The van der Waals surface area contributed by atoms with Gasteiger partial charge in [0.05, 0.1) is 18.8 Å². The van der Waals surface area contributed by atoms with E-state index in [-0.39, 0.29) is 0 Å². The van der Waals surface area contributed by atoms with Crippen molar-refractivity contribution in [3.63, 3.8) is 0 Å². The fourth-order valence-corrected chi connectivity index (χ4v) is 1.81. The van der Waals surface area contributed by atoms with Crippen molar-refractivity contribution in [1.82, 2.24) is 15.3 Å². The molecule has 0 fully saturated rings. The van der Waals surface area contributed by atoms with Crippen molar-refractivity contribution < 1.29 is 0 Å². The van der Waals surface area contributed by atoms with Gasteiger partial charge in [0.25, 0.3) is 0 Å². The van der Waals surface area contributed by atoms with Gasteiger partial charge in [-0.15, -0.1) is 0 Å². The highest BCUT2D eigenvalue weighted by Crippen LogP contribution is 2.18. The lowest BCUT2D eigenvalue weighted by Crippen LogP contribution is -2.32. The van der Waals surface area contributed by atoms with Crippen LogP contribution in [0, 0.1) is 0 Å². The molecule has 18 heavy (non-hydrogen) atoms. The maximum absolute atomic E-state index is 4.44. The van der Waals surface area contributed by atoms with Crippen molar-refractivity contribution in [3.8, 4) is 0 Å². The van der Waals surface area contributed by atoms with Crippen molar-refractivity contribution >= 4 is 11.6 Å². The SMILES string of the molecule is c1ccc2c(c1)CN=C(NCc1ccncn1)N2. The van der Waals surface area contributed by atoms with E-state index in [0.717, 1.165) is 17.3 Å². The molecule has 5 heteroatoms. The first kappa shape index (κ1) is 10.7. The number of aliphatic imine (C=N–C) groups is 1. The Kier molecular flexibility index (Phi) is 2.87. The van der Waals surface area contributed by atoms with Crippen LogP contribution >= 0.6 is 0 Å². The summed E-state index contributed by atoms with van der Waals surface area (Å²) in [6, 6.07) is 10.0. The van der Waals surface area contributed by atoms with Crippen LogP contribution in [0.2, 0.25) is 0 Å². The molecule has 90 valence electrons. The molecule has 0 aliphatic carbocycles. The Balaban J connectivity index is 1.64. The number of hydrogen-bond donors (Lipinski definition) is 2. The summed E-state index contributed by atoms with van der Waals surface area (Å²) in [6.07, 6.45) is 3.28. The van der Waals surface area contributed by atoms with E-state index in [1.807, 2.05) is 18.2 Å². The lowest BCUT2D eigenvalue weighted by Gasteiger charge is -2.18. The minimum Gasteiger partial charge on any atom is -0.350 e. The van der Waals surface area contributed by atoms with Gasteiger partial charge in [0.1, 0.15) is 6.33 Å². The number of anilines is 1. The van der Waals surface area contributed by atoms with Gasteiger partial charge in [0, 0.05) is 11.9 Å². The fourth-order valence-electron chi connectivity index (χ4n) is 1.81. The molecule has 1 aromatic heterocycles. The summed E-state index contributed by atoms with van der Waals surface area (Å²) in [6.45, 7) is 1.34. The van der Waals surface area contributed by atoms with Gasteiger partial charge < -0.3 is 10.6 Å². The minimum atomic E-state index is 0.635. The highest BCUT2D eigenvalue weighted by Gasteiger charge is 2.09. The number of nitrogens with zero attached hydrogens (tertiary/aromatic N) is 3. The molecule has 0 atom stereocenters. The van der Waals surface area contributed by atoms with Crippen LogP contribution < -0.4 is 10.6 Å². The number of fused-ring (bicyclic) bond motifs is 1. The van der Waals surface area contributed by atoms with E-state index in [2.05, 4.69) is 37.7 Å². The maximum atomic E-state index is 4.44. The third-order valence-corrected chi connectivity index (χ3v) is 2.76. The quantitative estimate of drug-likeness (QED) is 0.834. The van der Waals surface area contributed by atoms with Gasteiger partial charge in [-0.2, -0.15) is 0 Å². The normalized spacial score (nSPS) is 13.2. The summed E-state index contributed by atoms with van der Waals surface area (Å²) in [5, 5.41) is 6.49. The number of hydrogen-bond acceptors (Lipinski definition) is 5. The van der Waals surface area contributed by atoms with E-state index >= 15 is 0 Å². The van der Waals surface area contributed by atoms with E-state index in [4.69, 9.17) is 0 Å². The summed E-state index contributed by atoms with van der Waals surface area (Å²) in [4.78, 5) is 12.5. The van der Waals surface area contributed by atoms with Crippen LogP contribution in [0.3, 0.4) is 0 Å². The zero-order valence-corrected chi connectivity index (χ0v) is 9.80. The van der Waals surface area contributed by atoms with Crippen molar-refractivity contribution in [3.05, 3.63) is 54.1 Å². The van der Waals surface area contributed by atoms with Crippen molar-refractivity contribution in [2.45, 2.75) is 13.1 Å². The number of benzene rings is 1. The molecule has 2 N–H and O–H groups in total. The van der Waals surface area contributed by atoms with Gasteiger partial charge in [-0.3, -0.25) is 0 Å². The lowest BCUT2D eigenvalue weighted by molar-refractivity contribution is 0.845. The minimum absolute atomic E-state index is 0.635. The molecule has 0 unspecified atom stereocenters. The second-order valence-corrected chi connectivity index (χ2v) is 4.00. The average molecular weight is 239 g/mol. The van der Waals surface area contributed by atoms with E-state index in [1.165, 1.54) is 5.56 Å². The van der Waals surface area contributed by atoms with Crippen LogP contribution in [-0.4, -0.2) is 15.9 Å². The molecule has 2 heterocycles. The number of rotatable bonds is 2. The smallest absolute Gasteiger partial charge is 0.196 e. The number of guanidine groups is 1. The van der Waals surface area contributed by atoms with Crippen LogP contribution in [0.4, 0.5) is 5.69 Å². The Morgan fingerprint density at radius 1 is 1.22 bits per heavy atom. The molecule has 1 aliphatic rings. The monoisotopic (exact) mass is 239 g/mol. The maximum Gasteiger partial charge on any atom is 0.196 e. The fraction of sp³-hybridized carbons (Fsp3) is 0.154. The van der Waals surface area contributed by atoms with Crippen LogP contribution in [-0.2, 0) is 13.1 Å². The summed E-state index contributed by atoms with van der Waals surface area (Å²) < 4.78 is 0. The van der Waals surface area contributed by atoms with Crippen LogP contribution in [0.1, 0.15) is 11.3 Å². The van der Waals surface area contributed by atoms with Crippen LogP contribution in [0.5, 0.6) is 0 Å². The van der Waals surface area contributed by atoms with Crippen molar-refractivity contribution in [2.75, 3.05) is 5.32 Å². The predicted molar refractivity (Wildman–Crippen MR) is 70.1 cm³/mol. The predicted octanol–water partition coefficient (Wildman–Crippen LogP) is 1.55. The molecule has 3 rings (SSSR count). The summed E-state index contributed by atoms with van der Waals surface area (Å²) in [5.74, 6) is 0.785. The summed E-state index contributed by atoms with van der Waals surface area (Å²) >= 11 is 0. The third-order valence-electron chi connectivity index (χ3n) is 2.76. The Labute approximate surface area is 105 Å². The molecule has 1 aliphatic heterocycles. The standard InChI is InChI=1S/C13H13N5/c1-2-4-12-10(3-1)7-15-13(18-12)16-8-11-5-6-14-9-17-11/h1-6,9H,7-8H2,(H2,15,16,18). The number of nitrogens with one attached hydrogen (secondary N) is 2. The molecule has 2 aromatic rings. The molecule has 0 radical (unpaired) electrons. The van der Waals surface area contributed by atoms with Gasteiger partial charge in [-0.25, -0.2) is 15.0 Å². The first-order chi connectivity index (χ1) is 8.92. The molecule has 0 bridgehead atoms. The highest BCUT2D eigenvalue weighted by molar-refractivity contribution is 5.95. The van der Waals surface area contributed by atoms with Gasteiger partial charge in [0.15, 0.2) is 5.96 Å². The first-order valence-electron chi connectivity index (χ1n) is 5.80. The average Bonchev–Trinajstić information content (AvgIpc) is 2.46. The van der Waals surface area contributed by atoms with Gasteiger partial charge in [-0.05, 0) is 17.7 Å². The number of aromatic nitrogens is 2. The molecular weight excluding hydrogens is 226 g/mol. The van der Waals surface area contributed by atoms with E-state index in [1.54, 1.807) is 12.5 Å².